The van der Waals surface area contributed by atoms with Gasteiger partial charge in [0.2, 0.25) is 5.91 Å². The van der Waals surface area contributed by atoms with Gasteiger partial charge in [0.15, 0.2) is 0 Å². The lowest BCUT2D eigenvalue weighted by atomic mass is 9.99. The molecule has 0 saturated carbocycles. The molecule has 5 nitrogen and oxygen atoms in total. The van der Waals surface area contributed by atoms with Gasteiger partial charge in [0.25, 0.3) is 0 Å². The number of nitrogens with one attached hydrogen (secondary N) is 1. The van der Waals surface area contributed by atoms with Gasteiger partial charge in [-0.2, -0.15) is 5.10 Å². The summed E-state index contributed by atoms with van der Waals surface area (Å²) >= 11 is 0. The predicted octanol–water partition coefficient (Wildman–Crippen LogP) is 1.37. The molecular weight excluding hydrogens is 240 g/mol. The normalized spacial score (nSPS) is 16.9. The number of hydrogen-bond donors (Lipinski definition) is 1. The van der Waals surface area contributed by atoms with Gasteiger partial charge in [-0.15, -0.1) is 0 Å². The van der Waals surface area contributed by atoms with E-state index in [9.17, 15) is 4.79 Å². The van der Waals surface area contributed by atoms with Crippen LogP contribution in [0.2, 0.25) is 0 Å². The van der Waals surface area contributed by atoms with Crippen LogP contribution in [0.1, 0.15) is 43.6 Å². The summed E-state index contributed by atoms with van der Waals surface area (Å²) in [7, 11) is 3.88. The molecule has 106 valence electrons. The summed E-state index contributed by atoms with van der Waals surface area (Å²) in [5, 5.41) is 7.52. The molecule has 0 unspecified atom stereocenters. The fourth-order valence-electron chi connectivity index (χ4n) is 2.47. The van der Waals surface area contributed by atoms with E-state index in [0.29, 0.717) is 12.5 Å². The average Bonchev–Trinajstić information content (AvgIpc) is 2.79. The molecule has 0 spiro atoms. The molecule has 1 aliphatic rings. The van der Waals surface area contributed by atoms with Gasteiger partial charge in [0.1, 0.15) is 0 Å². The molecule has 2 heterocycles. The van der Waals surface area contributed by atoms with Crippen LogP contribution in [0.5, 0.6) is 0 Å². The van der Waals surface area contributed by atoms with Crippen molar-refractivity contribution in [2.75, 3.05) is 20.6 Å². The van der Waals surface area contributed by atoms with Crippen molar-refractivity contribution >= 4 is 5.91 Å². The predicted molar refractivity (Wildman–Crippen MR) is 74.9 cm³/mol. The number of aromatic nitrogens is 2. The molecule has 2 rings (SSSR count). The molecule has 1 N–H and O–H groups in total. The minimum absolute atomic E-state index is 0.0732. The zero-order valence-corrected chi connectivity index (χ0v) is 12.5. The van der Waals surface area contributed by atoms with E-state index in [1.165, 1.54) is 11.3 Å². The molecular formula is C14H24N4O. The monoisotopic (exact) mass is 264 g/mol. The molecule has 5 heteroatoms. The molecule has 1 atom stereocenters. The van der Waals surface area contributed by atoms with E-state index < -0.39 is 0 Å². The maximum Gasteiger partial charge on any atom is 0.239 e. The van der Waals surface area contributed by atoms with E-state index in [1.54, 1.807) is 0 Å². The summed E-state index contributed by atoms with van der Waals surface area (Å²) < 4.78 is 0. The van der Waals surface area contributed by atoms with Crippen molar-refractivity contribution in [2.45, 2.75) is 45.7 Å². The number of likely N-dealkylation sites (N-methyl/N-ethyl adjacent to an activating group) is 1. The van der Waals surface area contributed by atoms with E-state index in [-0.39, 0.29) is 11.9 Å². The molecule has 1 aromatic rings. The highest BCUT2D eigenvalue weighted by Gasteiger charge is 2.28. The van der Waals surface area contributed by atoms with Crippen molar-refractivity contribution in [1.29, 1.82) is 0 Å². The second-order valence-electron chi connectivity index (χ2n) is 5.87. The zero-order chi connectivity index (χ0) is 14.2. The van der Waals surface area contributed by atoms with Crippen LogP contribution in [0.4, 0.5) is 0 Å². The molecule has 1 aromatic heterocycles. The molecule has 0 bridgehead atoms. The van der Waals surface area contributed by atoms with Crippen molar-refractivity contribution in [2.24, 2.45) is 0 Å². The number of carbonyl (C=O) groups is 1. The first-order valence-electron chi connectivity index (χ1n) is 6.93. The lowest BCUT2D eigenvalue weighted by molar-refractivity contribution is -0.136. The van der Waals surface area contributed by atoms with Gasteiger partial charge in [-0.3, -0.25) is 14.8 Å². The summed E-state index contributed by atoms with van der Waals surface area (Å²) in [6.45, 7) is 7.70. The van der Waals surface area contributed by atoms with Crippen molar-refractivity contribution < 1.29 is 4.79 Å². The van der Waals surface area contributed by atoms with Crippen molar-refractivity contribution in [3.63, 3.8) is 0 Å². The molecule has 1 amide bonds. The maximum atomic E-state index is 12.4. The number of nitrogens with zero attached hydrogens (tertiary/aromatic N) is 3. The van der Waals surface area contributed by atoms with E-state index in [2.05, 4.69) is 24.0 Å². The van der Waals surface area contributed by atoms with Gasteiger partial charge in [-0.1, -0.05) is 13.8 Å². The Hall–Kier alpha value is -1.36. The van der Waals surface area contributed by atoms with Gasteiger partial charge in [-0.05, 0) is 26.9 Å². The fourth-order valence-corrected chi connectivity index (χ4v) is 2.47. The summed E-state index contributed by atoms with van der Waals surface area (Å²) in [6, 6.07) is -0.0732. The first-order chi connectivity index (χ1) is 8.91. The molecule has 19 heavy (non-hydrogen) atoms. The number of hydrogen-bond acceptors (Lipinski definition) is 3. The standard InChI is InChI=1S/C14H24N4O/c1-9(2)13-11-8-18(7-6-12(11)15-16-13)14(19)10(3)17(4)5/h9-10H,6-8H2,1-5H3,(H,15,16)/t10-/m1/s1. The Bertz CT molecular complexity index is 464. The Morgan fingerprint density at radius 2 is 2.05 bits per heavy atom. The van der Waals surface area contributed by atoms with Gasteiger partial charge in [0.05, 0.1) is 11.7 Å². The third-order valence-electron chi connectivity index (χ3n) is 3.96. The Labute approximate surface area is 115 Å². The topological polar surface area (TPSA) is 52.2 Å². The summed E-state index contributed by atoms with van der Waals surface area (Å²) in [6.07, 6.45) is 0.876. The summed E-state index contributed by atoms with van der Waals surface area (Å²) in [4.78, 5) is 16.3. The number of fused-ring (bicyclic) bond motifs is 1. The second kappa shape index (κ2) is 5.33. The zero-order valence-electron chi connectivity index (χ0n) is 12.5. The Morgan fingerprint density at radius 3 is 2.63 bits per heavy atom. The van der Waals surface area contributed by atoms with E-state index in [1.807, 2.05) is 30.8 Å². The third-order valence-corrected chi connectivity index (χ3v) is 3.96. The van der Waals surface area contributed by atoms with E-state index >= 15 is 0 Å². The number of aromatic amines is 1. The van der Waals surface area contributed by atoms with Crippen LogP contribution in [0.15, 0.2) is 0 Å². The molecule has 0 saturated heterocycles. The quantitative estimate of drug-likeness (QED) is 0.897. The number of H-pyrrole nitrogens is 1. The fraction of sp³-hybridized carbons (Fsp3) is 0.714. The van der Waals surface area contributed by atoms with Crippen LogP contribution >= 0.6 is 0 Å². The van der Waals surface area contributed by atoms with Gasteiger partial charge in [-0.25, -0.2) is 0 Å². The first kappa shape index (κ1) is 14.1. The molecule has 0 aliphatic carbocycles. The lowest BCUT2D eigenvalue weighted by Crippen LogP contribution is -2.46. The number of rotatable bonds is 3. The van der Waals surface area contributed by atoms with Crippen LogP contribution in [-0.2, 0) is 17.8 Å². The number of amides is 1. The average molecular weight is 264 g/mol. The lowest BCUT2D eigenvalue weighted by Gasteiger charge is -2.31. The van der Waals surface area contributed by atoms with Crippen LogP contribution in [0.3, 0.4) is 0 Å². The smallest absolute Gasteiger partial charge is 0.239 e. The number of carbonyl (C=O) groups excluding carboxylic acids is 1. The maximum absolute atomic E-state index is 12.4. The Morgan fingerprint density at radius 1 is 1.37 bits per heavy atom. The van der Waals surface area contributed by atoms with Crippen molar-refractivity contribution in [3.05, 3.63) is 17.0 Å². The van der Waals surface area contributed by atoms with Crippen LogP contribution < -0.4 is 0 Å². The van der Waals surface area contributed by atoms with Crippen LogP contribution in [0.25, 0.3) is 0 Å². The minimum Gasteiger partial charge on any atom is -0.336 e. The van der Waals surface area contributed by atoms with E-state index in [0.717, 1.165) is 18.7 Å². The highest BCUT2D eigenvalue weighted by molar-refractivity contribution is 5.81. The molecule has 0 radical (unpaired) electrons. The second-order valence-corrected chi connectivity index (χ2v) is 5.87. The van der Waals surface area contributed by atoms with Crippen LogP contribution in [0, 0.1) is 0 Å². The first-order valence-corrected chi connectivity index (χ1v) is 6.93. The van der Waals surface area contributed by atoms with Gasteiger partial charge in [0, 0.05) is 30.8 Å². The highest BCUT2D eigenvalue weighted by atomic mass is 16.2. The van der Waals surface area contributed by atoms with Crippen LogP contribution in [-0.4, -0.2) is 52.6 Å². The summed E-state index contributed by atoms with van der Waals surface area (Å²) in [5.41, 5.74) is 3.52. The van der Waals surface area contributed by atoms with Gasteiger partial charge < -0.3 is 4.90 Å². The SMILES string of the molecule is CC(C)c1n[nH]c2c1CN(C(=O)[C@@H](C)N(C)C)CC2. The largest absolute Gasteiger partial charge is 0.336 e. The van der Waals surface area contributed by atoms with E-state index in [4.69, 9.17) is 0 Å². The molecule has 1 aliphatic heterocycles. The summed E-state index contributed by atoms with van der Waals surface area (Å²) in [5.74, 6) is 0.591. The highest BCUT2D eigenvalue weighted by Crippen LogP contribution is 2.25. The van der Waals surface area contributed by atoms with Crippen molar-refractivity contribution in [3.8, 4) is 0 Å². The Kier molecular flexibility index (Phi) is 3.94. The third kappa shape index (κ3) is 2.66. The van der Waals surface area contributed by atoms with Crippen molar-refractivity contribution in [1.82, 2.24) is 20.0 Å². The molecule has 0 aromatic carbocycles. The Balaban J connectivity index is 2.17. The van der Waals surface area contributed by atoms with Gasteiger partial charge >= 0.3 is 0 Å². The molecule has 0 fully saturated rings. The minimum atomic E-state index is -0.0732.